The van der Waals surface area contributed by atoms with Crippen LogP contribution in [0.3, 0.4) is 0 Å². The van der Waals surface area contributed by atoms with Crippen LogP contribution < -0.4 is 15.4 Å². The summed E-state index contributed by atoms with van der Waals surface area (Å²) in [7, 11) is 3.87. The first kappa shape index (κ1) is 23.5. The summed E-state index contributed by atoms with van der Waals surface area (Å²) in [6.07, 6.45) is 0. The molecule has 0 saturated carbocycles. The average molecular weight is 442 g/mol. The highest BCUT2D eigenvalue weighted by molar-refractivity contribution is 6.16. The molecule has 0 aliphatic carbocycles. The summed E-state index contributed by atoms with van der Waals surface area (Å²) >= 11 is 0. The van der Waals surface area contributed by atoms with E-state index in [9.17, 15) is 19.6 Å². The van der Waals surface area contributed by atoms with Crippen LogP contribution in [-0.4, -0.2) is 48.0 Å². The number of rotatable bonds is 7. The number of hydrogen-bond donors (Lipinski definition) is 2. The second-order valence-corrected chi connectivity index (χ2v) is 8.86. The number of imide groups is 2. The number of amides is 4. The number of urea groups is 1. The van der Waals surface area contributed by atoms with E-state index in [2.05, 4.69) is 24.5 Å². The monoisotopic (exact) mass is 441 g/mol. The maximum absolute atomic E-state index is 13.3. The van der Waals surface area contributed by atoms with Crippen molar-refractivity contribution in [2.75, 3.05) is 20.6 Å². The van der Waals surface area contributed by atoms with Crippen LogP contribution in [0.5, 0.6) is 0 Å². The second-order valence-electron chi connectivity index (χ2n) is 8.86. The smallest absolute Gasteiger partial charge is 0.328 e. The number of nitrogens with zero attached hydrogens (tertiary/aromatic N) is 3. The van der Waals surface area contributed by atoms with Crippen molar-refractivity contribution in [3.8, 4) is 0 Å². The molecule has 0 spiro atoms. The number of aromatic nitrogens is 2. The third-order valence-electron chi connectivity index (χ3n) is 6.10. The SMILES string of the molecule is Cc1c(C)[n+]([O-])c(C(c2ccc(C(C)C)cc2)C2C(=O)NC(=O)NC2=O)n1CCN(C)C. The first-order chi connectivity index (χ1) is 15.0. The summed E-state index contributed by atoms with van der Waals surface area (Å²) in [5.41, 5.74) is 3.04. The van der Waals surface area contributed by atoms with Crippen molar-refractivity contribution >= 4 is 17.8 Å². The predicted octanol–water partition coefficient (Wildman–Crippen LogP) is 1.54. The summed E-state index contributed by atoms with van der Waals surface area (Å²) in [5.74, 6) is -2.94. The molecule has 32 heavy (non-hydrogen) atoms. The lowest BCUT2D eigenvalue weighted by molar-refractivity contribution is -0.621. The molecule has 1 aromatic heterocycles. The Bertz CT molecular complexity index is 1020. The van der Waals surface area contributed by atoms with Gasteiger partial charge in [-0.25, -0.2) is 14.1 Å². The van der Waals surface area contributed by atoms with Crippen LogP contribution in [0.4, 0.5) is 4.79 Å². The van der Waals surface area contributed by atoms with Gasteiger partial charge in [-0.3, -0.25) is 20.2 Å². The number of benzene rings is 1. The molecule has 1 aliphatic rings. The van der Waals surface area contributed by atoms with E-state index >= 15 is 0 Å². The highest BCUT2D eigenvalue weighted by Gasteiger charge is 2.47. The molecular weight excluding hydrogens is 410 g/mol. The van der Waals surface area contributed by atoms with Crippen molar-refractivity contribution in [3.05, 3.63) is 57.8 Å². The van der Waals surface area contributed by atoms with Crippen molar-refractivity contribution in [3.63, 3.8) is 0 Å². The van der Waals surface area contributed by atoms with E-state index in [-0.39, 0.29) is 0 Å². The third kappa shape index (κ3) is 4.38. The van der Waals surface area contributed by atoms with E-state index in [1.807, 2.05) is 54.8 Å². The van der Waals surface area contributed by atoms with Crippen LogP contribution in [0.1, 0.15) is 54.0 Å². The fourth-order valence-electron chi connectivity index (χ4n) is 4.08. The Labute approximate surface area is 188 Å². The zero-order valence-electron chi connectivity index (χ0n) is 19.4. The van der Waals surface area contributed by atoms with Gasteiger partial charge in [-0.15, -0.1) is 0 Å². The van der Waals surface area contributed by atoms with Crippen molar-refractivity contribution in [2.24, 2.45) is 5.92 Å². The van der Waals surface area contributed by atoms with Crippen LogP contribution >= 0.6 is 0 Å². The molecule has 9 nitrogen and oxygen atoms in total. The molecule has 1 aliphatic heterocycles. The van der Waals surface area contributed by atoms with Gasteiger partial charge in [0.2, 0.25) is 11.8 Å². The molecule has 9 heteroatoms. The lowest BCUT2D eigenvalue weighted by atomic mass is 9.82. The van der Waals surface area contributed by atoms with Gasteiger partial charge in [0.25, 0.3) is 5.82 Å². The van der Waals surface area contributed by atoms with E-state index in [1.165, 1.54) is 0 Å². The summed E-state index contributed by atoms with van der Waals surface area (Å²) in [6, 6.07) is 6.74. The molecule has 2 aromatic rings. The molecule has 1 fully saturated rings. The van der Waals surface area contributed by atoms with Crippen LogP contribution in [-0.2, 0) is 16.1 Å². The molecule has 1 atom stereocenters. The van der Waals surface area contributed by atoms with Crippen LogP contribution in [0, 0.1) is 25.0 Å². The van der Waals surface area contributed by atoms with E-state index < -0.39 is 29.7 Å². The predicted molar refractivity (Wildman–Crippen MR) is 119 cm³/mol. The molecule has 0 radical (unpaired) electrons. The summed E-state index contributed by atoms with van der Waals surface area (Å²) in [5, 5.41) is 17.7. The molecular formula is C23H31N5O4. The highest BCUT2D eigenvalue weighted by atomic mass is 16.5. The maximum atomic E-state index is 13.3. The zero-order chi connectivity index (χ0) is 23.7. The fourth-order valence-corrected chi connectivity index (χ4v) is 4.08. The Morgan fingerprint density at radius 3 is 2.06 bits per heavy atom. The largest absolute Gasteiger partial charge is 0.711 e. The van der Waals surface area contributed by atoms with Gasteiger partial charge in [-0.2, -0.15) is 0 Å². The van der Waals surface area contributed by atoms with Crippen LogP contribution in [0.15, 0.2) is 24.3 Å². The Balaban J connectivity index is 2.22. The van der Waals surface area contributed by atoms with Gasteiger partial charge in [0.05, 0.1) is 0 Å². The number of hydrogen-bond acceptors (Lipinski definition) is 5. The molecule has 3 rings (SSSR count). The molecule has 172 valence electrons. The number of carbonyl (C=O) groups is 3. The second kappa shape index (κ2) is 9.12. The summed E-state index contributed by atoms with van der Waals surface area (Å²) in [4.78, 5) is 39.3. The van der Waals surface area contributed by atoms with Crippen molar-refractivity contribution in [1.29, 1.82) is 0 Å². The molecule has 2 N–H and O–H groups in total. The van der Waals surface area contributed by atoms with E-state index in [0.717, 1.165) is 16.0 Å². The minimum atomic E-state index is -1.26. The Hall–Kier alpha value is -3.20. The van der Waals surface area contributed by atoms with Crippen molar-refractivity contribution in [2.45, 2.75) is 46.1 Å². The molecule has 0 bridgehead atoms. The zero-order valence-corrected chi connectivity index (χ0v) is 19.4. The van der Waals surface area contributed by atoms with Crippen molar-refractivity contribution < 1.29 is 19.1 Å². The van der Waals surface area contributed by atoms with Gasteiger partial charge in [0.15, 0.2) is 0 Å². The Kier molecular flexibility index (Phi) is 6.68. The van der Waals surface area contributed by atoms with Gasteiger partial charge in [-0.1, -0.05) is 38.1 Å². The number of barbiturate groups is 1. The van der Waals surface area contributed by atoms with E-state index in [1.54, 1.807) is 6.92 Å². The van der Waals surface area contributed by atoms with Gasteiger partial charge in [0.1, 0.15) is 29.8 Å². The maximum Gasteiger partial charge on any atom is 0.328 e. The number of likely N-dealkylation sites (N-methyl/N-ethyl adjacent to an activating group) is 1. The fraction of sp³-hybridized carbons (Fsp3) is 0.478. The Morgan fingerprint density at radius 1 is 1.03 bits per heavy atom. The first-order valence-corrected chi connectivity index (χ1v) is 10.7. The Morgan fingerprint density at radius 2 is 1.56 bits per heavy atom. The lowest BCUT2D eigenvalue weighted by Crippen LogP contribution is -2.58. The number of nitrogens with one attached hydrogen (secondary N) is 2. The first-order valence-electron chi connectivity index (χ1n) is 10.7. The quantitative estimate of drug-likeness (QED) is 0.385. The minimum Gasteiger partial charge on any atom is -0.711 e. The number of carbonyl (C=O) groups excluding carboxylic acids is 3. The highest BCUT2D eigenvalue weighted by Crippen LogP contribution is 2.34. The van der Waals surface area contributed by atoms with Crippen molar-refractivity contribution in [1.82, 2.24) is 20.1 Å². The van der Waals surface area contributed by atoms with Gasteiger partial charge < -0.3 is 10.1 Å². The third-order valence-corrected chi connectivity index (χ3v) is 6.10. The summed E-state index contributed by atoms with van der Waals surface area (Å²) < 4.78 is 2.68. The van der Waals surface area contributed by atoms with E-state index in [0.29, 0.717) is 36.1 Å². The molecule has 1 saturated heterocycles. The average Bonchev–Trinajstić information content (AvgIpc) is 2.92. The van der Waals surface area contributed by atoms with Gasteiger partial charge in [-0.05, 0) is 31.1 Å². The molecule has 1 unspecified atom stereocenters. The van der Waals surface area contributed by atoms with Crippen LogP contribution in [0.25, 0.3) is 0 Å². The normalized spacial score (nSPS) is 15.9. The van der Waals surface area contributed by atoms with Crippen LogP contribution in [0.2, 0.25) is 0 Å². The van der Waals surface area contributed by atoms with Gasteiger partial charge in [0, 0.05) is 20.4 Å². The minimum absolute atomic E-state index is 0.305. The van der Waals surface area contributed by atoms with Gasteiger partial charge >= 0.3 is 6.03 Å². The molecule has 2 heterocycles. The standard InChI is InChI=1S/C23H31N5O4/c1-13(2)16-7-9-17(10-8-16)18(19-20(29)24-23(31)25-21(19)30)22-27(12-11-26(5)6)14(3)15(4)28(22)32/h7-10,13,18-19H,11-12H2,1-6H3,(H2,24,25,29,30,31). The number of imidazole rings is 1. The molecule has 4 amide bonds. The lowest BCUT2D eigenvalue weighted by Gasteiger charge is -2.28. The molecule has 1 aromatic carbocycles. The van der Waals surface area contributed by atoms with E-state index in [4.69, 9.17) is 0 Å². The summed E-state index contributed by atoms with van der Waals surface area (Å²) in [6.45, 7) is 8.91. The topological polar surface area (TPSA) is 110 Å².